The van der Waals surface area contributed by atoms with E-state index in [0.29, 0.717) is 6.42 Å². The molecule has 0 aromatic heterocycles. The number of nitroso groups, excluding NO2 is 2. The average Bonchev–Trinajstić information content (AvgIpc) is 1.83. The molecule has 0 aliphatic carbocycles. The van der Waals surface area contributed by atoms with Crippen LogP contribution in [0.25, 0.3) is 0 Å². The second-order valence-electron chi connectivity index (χ2n) is 1.48. The van der Waals surface area contributed by atoms with E-state index in [-0.39, 0.29) is 6.54 Å². The summed E-state index contributed by atoms with van der Waals surface area (Å²) in [5.74, 6) is 0. The summed E-state index contributed by atoms with van der Waals surface area (Å²) in [5, 5.41) is 5.19. The lowest BCUT2D eigenvalue weighted by Gasteiger charge is -1.94. The fraction of sp³-hybridized carbons (Fsp3) is 1.00. The Morgan fingerprint density at radius 2 is 2.12 bits per heavy atom. The third-order valence-corrected chi connectivity index (χ3v) is 0.906. The lowest BCUT2D eigenvalue weighted by molar-refractivity contribution is 0.656. The zero-order valence-corrected chi connectivity index (χ0v) is 4.70. The van der Waals surface area contributed by atoms with Gasteiger partial charge < -0.3 is 0 Å². The smallest absolute Gasteiger partial charge is 0.115 e. The van der Waals surface area contributed by atoms with E-state index in [1.807, 2.05) is 0 Å². The highest BCUT2D eigenvalue weighted by atomic mass is 16.3. The molecule has 0 bridgehead atoms. The molecule has 0 rings (SSSR count). The van der Waals surface area contributed by atoms with Gasteiger partial charge in [-0.3, -0.25) is 0 Å². The minimum atomic E-state index is -0.410. The number of nitrogens with zero attached hydrogens (tertiary/aromatic N) is 2. The Morgan fingerprint density at radius 1 is 1.50 bits per heavy atom. The van der Waals surface area contributed by atoms with Gasteiger partial charge in [0.1, 0.15) is 12.6 Å². The molecule has 0 aromatic carbocycles. The van der Waals surface area contributed by atoms with Crippen molar-refractivity contribution in [3.63, 3.8) is 0 Å². The van der Waals surface area contributed by atoms with Gasteiger partial charge in [0.25, 0.3) is 0 Å². The molecular formula is C4H8N2O2. The molecule has 0 amide bonds. The van der Waals surface area contributed by atoms with E-state index >= 15 is 0 Å². The van der Waals surface area contributed by atoms with Crippen molar-refractivity contribution < 1.29 is 0 Å². The first kappa shape index (κ1) is 7.20. The summed E-state index contributed by atoms with van der Waals surface area (Å²) < 4.78 is 0. The average molecular weight is 116 g/mol. The molecule has 0 heterocycles. The Hall–Kier alpha value is -0.800. The topological polar surface area (TPSA) is 58.9 Å². The molecule has 0 saturated heterocycles. The van der Waals surface area contributed by atoms with Crippen molar-refractivity contribution in [1.82, 2.24) is 0 Å². The van der Waals surface area contributed by atoms with Crippen molar-refractivity contribution >= 4 is 0 Å². The molecule has 1 atom stereocenters. The maximum absolute atomic E-state index is 9.68. The van der Waals surface area contributed by atoms with Gasteiger partial charge in [0.05, 0.1) is 0 Å². The van der Waals surface area contributed by atoms with Gasteiger partial charge in [-0.15, -0.1) is 0 Å². The molecule has 4 nitrogen and oxygen atoms in total. The van der Waals surface area contributed by atoms with Crippen molar-refractivity contribution in [2.45, 2.75) is 19.4 Å². The normalized spacial score (nSPS) is 12.6. The Kier molecular flexibility index (Phi) is 3.93. The third kappa shape index (κ3) is 2.39. The molecule has 4 heteroatoms. The van der Waals surface area contributed by atoms with Crippen LogP contribution in [-0.4, -0.2) is 12.6 Å². The first-order valence-corrected chi connectivity index (χ1v) is 2.46. The van der Waals surface area contributed by atoms with Crippen LogP contribution in [0.1, 0.15) is 13.3 Å². The molecule has 0 fully saturated rings. The van der Waals surface area contributed by atoms with Crippen LogP contribution in [0.3, 0.4) is 0 Å². The lowest BCUT2D eigenvalue weighted by Crippen LogP contribution is -2.04. The molecule has 0 unspecified atom stereocenters. The summed E-state index contributed by atoms with van der Waals surface area (Å²) in [4.78, 5) is 19.2. The van der Waals surface area contributed by atoms with E-state index in [1.54, 1.807) is 6.92 Å². The Bertz CT molecular complexity index is 84.1. The van der Waals surface area contributed by atoms with Gasteiger partial charge in [-0.25, -0.2) is 0 Å². The first-order chi connectivity index (χ1) is 3.85. The Balaban J connectivity index is 3.35. The van der Waals surface area contributed by atoms with Crippen LogP contribution in [0.15, 0.2) is 10.4 Å². The molecular weight excluding hydrogens is 108 g/mol. The largest absolute Gasteiger partial charge is 0.151 e. The quantitative estimate of drug-likeness (QED) is 0.519. The van der Waals surface area contributed by atoms with Gasteiger partial charge >= 0.3 is 0 Å². The molecule has 0 saturated carbocycles. The van der Waals surface area contributed by atoms with E-state index in [4.69, 9.17) is 0 Å². The third-order valence-electron chi connectivity index (χ3n) is 0.906. The maximum atomic E-state index is 9.68. The highest BCUT2D eigenvalue weighted by Crippen LogP contribution is 1.95. The van der Waals surface area contributed by atoms with Crippen LogP contribution < -0.4 is 0 Å². The van der Waals surface area contributed by atoms with E-state index in [0.717, 1.165) is 0 Å². The molecule has 8 heavy (non-hydrogen) atoms. The van der Waals surface area contributed by atoms with E-state index in [9.17, 15) is 9.81 Å². The van der Waals surface area contributed by atoms with Gasteiger partial charge in [-0.2, -0.15) is 9.81 Å². The van der Waals surface area contributed by atoms with E-state index < -0.39 is 6.04 Å². The molecule has 46 valence electrons. The van der Waals surface area contributed by atoms with Gasteiger partial charge in [0.2, 0.25) is 0 Å². The monoisotopic (exact) mass is 116 g/mol. The van der Waals surface area contributed by atoms with E-state index in [1.165, 1.54) is 0 Å². The van der Waals surface area contributed by atoms with Crippen LogP contribution in [0.2, 0.25) is 0 Å². The minimum Gasteiger partial charge on any atom is -0.151 e. The number of rotatable bonds is 4. The minimum absolute atomic E-state index is 0.0139. The summed E-state index contributed by atoms with van der Waals surface area (Å²) in [6, 6.07) is -0.410. The Labute approximate surface area is 47.2 Å². The van der Waals surface area contributed by atoms with Crippen LogP contribution in [0, 0.1) is 9.81 Å². The second kappa shape index (κ2) is 4.36. The second-order valence-corrected chi connectivity index (χ2v) is 1.48. The van der Waals surface area contributed by atoms with Crippen molar-refractivity contribution in [2.75, 3.05) is 6.54 Å². The zero-order chi connectivity index (χ0) is 6.41. The van der Waals surface area contributed by atoms with Crippen molar-refractivity contribution in [3.05, 3.63) is 9.81 Å². The molecule has 0 aliphatic heterocycles. The summed E-state index contributed by atoms with van der Waals surface area (Å²) in [6.45, 7) is 1.80. The Morgan fingerprint density at radius 3 is 2.25 bits per heavy atom. The predicted octanol–water partition coefficient (Wildman–Crippen LogP) is 1.30. The van der Waals surface area contributed by atoms with E-state index in [2.05, 4.69) is 10.4 Å². The molecule has 0 aromatic rings. The van der Waals surface area contributed by atoms with Gasteiger partial charge in [-0.05, 0) is 6.42 Å². The van der Waals surface area contributed by atoms with Gasteiger partial charge in [0, 0.05) is 0 Å². The molecule has 0 radical (unpaired) electrons. The number of hydrogen-bond donors (Lipinski definition) is 0. The first-order valence-electron chi connectivity index (χ1n) is 2.46. The highest BCUT2D eigenvalue weighted by Gasteiger charge is 2.02. The maximum Gasteiger partial charge on any atom is 0.115 e. The van der Waals surface area contributed by atoms with Crippen LogP contribution in [-0.2, 0) is 0 Å². The van der Waals surface area contributed by atoms with Crippen LogP contribution in [0.5, 0.6) is 0 Å². The van der Waals surface area contributed by atoms with Crippen LogP contribution >= 0.6 is 0 Å². The summed E-state index contributed by atoms with van der Waals surface area (Å²) in [5.41, 5.74) is 0. The summed E-state index contributed by atoms with van der Waals surface area (Å²) in [7, 11) is 0. The van der Waals surface area contributed by atoms with Gasteiger partial charge in [-0.1, -0.05) is 17.3 Å². The molecule has 0 N–H and O–H groups in total. The van der Waals surface area contributed by atoms with Crippen molar-refractivity contribution in [1.29, 1.82) is 0 Å². The van der Waals surface area contributed by atoms with Crippen molar-refractivity contribution in [2.24, 2.45) is 10.4 Å². The van der Waals surface area contributed by atoms with Crippen molar-refractivity contribution in [3.8, 4) is 0 Å². The summed E-state index contributed by atoms with van der Waals surface area (Å²) in [6.07, 6.45) is 0.592. The molecule has 0 spiro atoms. The highest BCUT2D eigenvalue weighted by molar-refractivity contribution is 4.64. The zero-order valence-electron chi connectivity index (χ0n) is 4.70. The molecule has 0 aliphatic rings. The van der Waals surface area contributed by atoms with Crippen LogP contribution in [0.4, 0.5) is 0 Å². The predicted molar refractivity (Wildman–Crippen MR) is 30.5 cm³/mol. The lowest BCUT2D eigenvalue weighted by atomic mass is 10.2. The summed E-state index contributed by atoms with van der Waals surface area (Å²) >= 11 is 0. The fourth-order valence-electron chi connectivity index (χ4n) is 0.323. The fourth-order valence-corrected chi connectivity index (χ4v) is 0.323. The standard InChI is InChI=1S/C4H8N2O2/c1-2-4(6-8)3-5-7/h4H,2-3H2,1H3/t4-/m0/s1. The van der Waals surface area contributed by atoms with Gasteiger partial charge in [0.15, 0.2) is 0 Å². The number of hydrogen-bond acceptors (Lipinski definition) is 4. The SMILES string of the molecule is CC[C@@H](CN=O)N=O.